The summed E-state index contributed by atoms with van der Waals surface area (Å²) in [5, 5.41) is 6.00. The van der Waals surface area contributed by atoms with Gasteiger partial charge >= 0.3 is 11.9 Å². The molecule has 0 spiro atoms. The molecule has 0 bridgehead atoms. The van der Waals surface area contributed by atoms with Crippen LogP contribution in [0.3, 0.4) is 0 Å². The Balaban J connectivity index is 2.44. The molecular weight excluding hydrogens is 332 g/mol. The molecule has 0 aromatic heterocycles. The van der Waals surface area contributed by atoms with Crippen LogP contribution in [-0.2, 0) is 23.9 Å². The molecule has 1 aliphatic rings. The number of rotatable bonds is 7. The van der Waals surface area contributed by atoms with Crippen LogP contribution in [0.5, 0.6) is 0 Å². The highest BCUT2D eigenvalue weighted by atomic mass is 32.2. The smallest absolute Gasteiger partial charge is 0.329 e. The van der Waals surface area contributed by atoms with Gasteiger partial charge in [-0.05, 0) is 40.0 Å². The lowest BCUT2D eigenvalue weighted by Crippen LogP contribution is -2.43. The van der Waals surface area contributed by atoms with E-state index in [4.69, 9.17) is 9.47 Å². The third-order valence-corrected chi connectivity index (χ3v) is 4.66. The molecule has 0 aromatic carbocycles. The number of carbonyl (C=O) groups is 3. The second kappa shape index (κ2) is 9.27. The molecule has 0 aromatic rings. The van der Waals surface area contributed by atoms with Crippen LogP contribution in [0.4, 0.5) is 0 Å². The van der Waals surface area contributed by atoms with E-state index in [9.17, 15) is 14.4 Å². The zero-order chi connectivity index (χ0) is 18.3. The van der Waals surface area contributed by atoms with E-state index in [0.29, 0.717) is 12.2 Å². The monoisotopic (exact) mass is 360 g/mol. The van der Waals surface area contributed by atoms with Crippen LogP contribution < -0.4 is 10.6 Å². The zero-order valence-electron chi connectivity index (χ0n) is 15.0. The first-order valence-electron chi connectivity index (χ1n) is 8.08. The number of esters is 2. The summed E-state index contributed by atoms with van der Waals surface area (Å²) < 4.78 is 10.1. The van der Waals surface area contributed by atoms with Crippen molar-refractivity contribution in [2.75, 3.05) is 12.9 Å². The molecule has 7 nitrogen and oxygen atoms in total. The van der Waals surface area contributed by atoms with Crippen LogP contribution in [-0.4, -0.2) is 53.8 Å². The average molecular weight is 360 g/mol. The van der Waals surface area contributed by atoms with E-state index in [1.165, 1.54) is 14.0 Å². The van der Waals surface area contributed by atoms with Gasteiger partial charge in [0.2, 0.25) is 5.91 Å². The summed E-state index contributed by atoms with van der Waals surface area (Å²) >= 11 is 1.66. The lowest BCUT2D eigenvalue weighted by atomic mass is 10.1. The van der Waals surface area contributed by atoms with E-state index in [1.54, 1.807) is 32.5 Å². The Morgan fingerprint density at radius 2 is 2.00 bits per heavy atom. The van der Waals surface area contributed by atoms with Crippen LogP contribution in [0.1, 0.15) is 47.0 Å². The van der Waals surface area contributed by atoms with Crippen molar-refractivity contribution in [2.24, 2.45) is 0 Å². The highest BCUT2D eigenvalue weighted by Crippen LogP contribution is 2.24. The lowest BCUT2D eigenvalue weighted by Gasteiger charge is -2.24. The topological polar surface area (TPSA) is 93.7 Å². The third kappa shape index (κ3) is 7.53. The second-order valence-corrected chi connectivity index (χ2v) is 8.02. The Hall–Kier alpha value is -1.28. The Morgan fingerprint density at radius 1 is 1.33 bits per heavy atom. The van der Waals surface area contributed by atoms with E-state index in [2.05, 4.69) is 10.6 Å². The fourth-order valence-corrected chi connectivity index (χ4v) is 3.60. The van der Waals surface area contributed by atoms with Gasteiger partial charge in [0.1, 0.15) is 17.7 Å². The fraction of sp³-hybridized carbons (Fsp3) is 0.812. The maximum Gasteiger partial charge on any atom is 0.329 e. The van der Waals surface area contributed by atoms with E-state index < -0.39 is 17.6 Å². The summed E-state index contributed by atoms with van der Waals surface area (Å²) in [6.07, 6.45) is 2.01. The number of carbonyl (C=O) groups excluding carboxylic acids is 3. The largest absolute Gasteiger partial charge is 0.468 e. The van der Waals surface area contributed by atoms with Gasteiger partial charge in [-0.25, -0.2) is 4.79 Å². The van der Waals surface area contributed by atoms with Crippen molar-refractivity contribution in [1.29, 1.82) is 0 Å². The van der Waals surface area contributed by atoms with Gasteiger partial charge in [-0.15, -0.1) is 11.8 Å². The van der Waals surface area contributed by atoms with Crippen molar-refractivity contribution in [3.8, 4) is 0 Å². The van der Waals surface area contributed by atoms with Gasteiger partial charge in [0, 0.05) is 12.7 Å². The number of methoxy groups -OCH3 is 1. The molecule has 24 heavy (non-hydrogen) atoms. The first kappa shape index (κ1) is 20.8. The summed E-state index contributed by atoms with van der Waals surface area (Å²) in [7, 11) is 1.38. The molecule has 1 rings (SSSR count). The Kier molecular flexibility index (Phi) is 8.02. The molecule has 3 atom stereocenters. The number of ether oxygens (including phenoxy) is 2. The molecule has 1 amide bonds. The third-order valence-electron chi connectivity index (χ3n) is 3.36. The van der Waals surface area contributed by atoms with E-state index in [-0.39, 0.29) is 23.3 Å². The Morgan fingerprint density at radius 3 is 2.54 bits per heavy atom. The first-order chi connectivity index (χ1) is 11.1. The van der Waals surface area contributed by atoms with Crippen molar-refractivity contribution in [3.63, 3.8) is 0 Å². The van der Waals surface area contributed by atoms with Crippen LogP contribution in [0, 0.1) is 0 Å². The SMILES string of the molecule is COC(=O)[C@@H]1CSC(CCC[C@H](NC(C)=O)C(=O)OC(C)(C)C)N1. The van der Waals surface area contributed by atoms with Crippen molar-refractivity contribution in [2.45, 2.75) is 70.0 Å². The van der Waals surface area contributed by atoms with Crippen molar-refractivity contribution in [3.05, 3.63) is 0 Å². The van der Waals surface area contributed by atoms with Crippen LogP contribution in [0.25, 0.3) is 0 Å². The number of thioether (sulfide) groups is 1. The van der Waals surface area contributed by atoms with E-state index in [0.717, 1.165) is 12.8 Å². The molecule has 1 heterocycles. The van der Waals surface area contributed by atoms with Gasteiger partial charge in [-0.3, -0.25) is 14.9 Å². The van der Waals surface area contributed by atoms with Crippen molar-refractivity contribution >= 4 is 29.6 Å². The van der Waals surface area contributed by atoms with Crippen LogP contribution in [0.2, 0.25) is 0 Å². The quantitative estimate of drug-likeness (QED) is 0.659. The minimum absolute atomic E-state index is 0.144. The van der Waals surface area contributed by atoms with Crippen molar-refractivity contribution in [1.82, 2.24) is 10.6 Å². The molecule has 0 aliphatic carbocycles. The van der Waals surface area contributed by atoms with E-state index >= 15 is 0 Å². The maximum atomic E-state index is 12.2. The molecule has 1 fully saturated rings. The van der Waals surface area contributed by atoms with Gasteiger partial charge in [0.15, 0.2) is 0 Å². The zero-order valence-corrected chi connectivity index (χ0v) is 15.8. The van der Waals surface area contributed by atoms with Gasteiger partial charge in [-0.1, -0.05) is 0 Å². The lowest BCUT2D eigenvalue weighted by molar-refractivity contribution is -0.158. The highest BCUT2D eigenvalue weighted by Gasteiger charge is 2.31. The molecule has 138 valence electrons. The summed E-state index contributed by atoms with van der Waals surface area (Å²) in [4.78, 5) is 35.0. The molecule has 1 aliphatic heterocycles. The summed E-state index contributed by atoms with van der Waals surface area (Å²) in [5.74, 6) is -0.254. The van der Waals surface area contributed by atoms with Crippen LogP contribution >= 0.6 is 11.8 Å². The molecule has 1 saturated heterocycles. The second-order valence-electron chi connectivity index (χ2n) is 6.78. The normalized spacial score (nSPS) is 21.9. The summed E-state index contributed by atoms with van der Waals surface area (Å²) in [6.45, 7) is 6.76. The molecule has 0 saturated carbocycles. The highest BCUT2D eigenvalue weighted by molar-refractivity contribution is 8.00. The van der Waals surface area contributed by atoms with Gasteiger partial charge in [0.25, 0.3) is 0 Å². The molecule has 8 heteroatoms. The van der Waals surface area contributed by atoms with Gasteiger partial charge in [0.05, 0.1) is 12.5 Å². The molecule has 1 unspecified atom stereocenters. The number of hydrogen-bond acceptors (Lipinski definition) is 7. The predicted molar refractivity (Wildman–Crippen MR) is 92.5 cm³/mol. The molecular formula is C16H28N2O5S. The minimum atomic E-state index is -0.649. The number of hydrogen-bond donors (Lipinski definition) is 2. The fourth-order valence-electron chi connectivity index (χ4n) is 2.35. The maximum absolute atomic E-state index is 12.2. The number of amides is 1. The predicted octanol–water partition coefficient (Wildman–Crippen LogP) is 1.21. The summed E-state index contributed by atoms with van der Waals surface area (Å²) in [5.41, 5.74) is -0.593. The van der Waals surface area contributed by atoms with Gasteiger partial charge in [-0.2, -0.15) is 0 Å². The Labute approximate surface area is 147 Å². The van der Waals surface area contributed by atoms with Crippen molar-refractivity contribution < 1.29 is 23.9 Å². The molecule has 0 radical (unpaired) electrons. The Bertz CT molecular complexity index is 464. The number of nitrogens with one attached hydrogen (secondary N) is 2. The standard InChI is InChI=1S/C16H28N2O5S/c1-10(19)17-11(15(21)23-16(2,3)4)7-6-8-13-18-12(9-24-13)14(20)22-5/h11-13,18H,6-9H2,1-5H3,(H,17,19)/t11-,12-,13?/m0/s1. The minimum Gasteiger partial charge on any atom is -0.468 e. The summed E-state index contributed by atoms with van der Waals surface area (Å²) in [6, 6.07) is -0.925. The average Bonchev–Trinajstić information content (AvgIpc) is 2.92. The van der Waals surface area contributed by atoms with Gasteiger partial charge < -0.3 is 14.8 Å². The van der Waals surface area contributed by atoms with E-state index in [1.807, 2.05) is 0 Å². The van der Waals surface area contributed by atoms with Crippen LogP contribution in [0.15, 0.2) is 0 Å². The first-order valence-corrected chi connectivity index (χ1v) is 9.12. The molecule has 2 N–H and O–H groups in total.